The number of para-hydroxylation sites is 1. The van der Waals surface area contributed by atoms with Gasteiger partial charge in [-0.3, -0.25) is 13.9 Å². The van der Waals surface area contributed by atoms with E-state index in [1.165, 1.54) is 17.0 Å². The maximum Gasteiger partial charge on any atom is 0.264 e. The summed E-state index contributed by atoms with van der Waals surface area (Å²) >= 11 is 6.14. The molecule has 0 unspecified atom stereocenters. The number of likely N-dealkylation sites (N-methyl/N-ethyl adjacent to an activating group) is 1. The molecule has 0 spiro atoms. The number of hydrogen-bond acceptors (Lipinski definition) is 5. The Hall–Kier alpha value is -3.56. The second kappa shape index (κ2) is 13.3. The quantitative estimate of drug-likeness (QED) is 0.354. The zero-order chi connectivity index (χ0) is 27.7. The van der Waals surface area contributed by atoms with Crippen LogP contribution in [-0.4, -0.2) is 50.9 Å². The van der Waals surface area contributed by atoms with Crippen LogP contribution in [0.4, 0.5) is 5.69 Å². The summed E-state index contributed by atoms with van der Waals surface area (Å²) in [5, 5.41) is 3.22. The molecule has 3 rings (SSSR count). The minimum atomic E-state index is -4.14. The number of anilines is 1. The van der Waals surface area contributed by atoms with Crippen LogP contribution in [0.25, 0.3) is 0 Å². The Kier molecular flexibility index (Phi) is 10.2. The molecule has 0 aliphatic rings. The number of halogens is 1. The third kappa shape index (κ3) is 7.26. The third-order valence-corrected chi connectivity index (χ3v) is 7.83. The maximum absolute atomic E-state index is 13.8. The summed E-state index contributed by atoms with van der Waals surface area (Å²) in [6.07, 6.45) is 0. The second-order valence-corrected chi connectivity index (χ2v) is 10.8. The van der Waals surface area contributed by atoms with E-state index in [2.05, 4.69) is 5.32 Å². The molecule has 2 amide bonds. The van der Waals surface area contributed by atoms with Gasteiger partial charge in [-0.05, 0) is 74.9 Å². The smallest absolute Gasteiger partial charge is 0.264 e. The number of nitrogens with one attached hydrogen (secondary N) is 1. The van der Waals surface area contributed by atoms with Gasteiger partial charge in [-0.15, -0.1) is 0 Å². The summed E-state index contributed by atoms with van der Waals surface area (Å²) in [5.74, 6) is -0.345. The molecule has 0 aliphatic heterocycles. The molecule has 0 radical (unpaired) electrons. The van der Waals surface area contributed by atoms with E-state index >= 15 is 0 Å². The van der Waals surface area contributed by atoms with Crippen molar-refractivity contribution in [2.75, 3.05) is 24.0 Å². The minimum Gasteiger partial charge on any atom is -0.494 e. The molecule has 1 atom stereocenters. The first-order valence-electron chi connectivity index (χ1n) is 12.3. The molecule has 0 heterocycles. The first-order valence-corrected chi connectivity index (χ1v) is 14.1. The van der Waals surface area contributed by atoms with Crippen molar-refractivity contribution in [2.24, 2.45) is 0 Å². The summed E-state index contributed by atoms with van der Waals surface area (Å²) in [5.41, 5.74) is 1.03. The Balaban J connectivity index is 1.99. The highest BCUT2D eigenvalue weighted by atomic mass is 35.5. The van der Waals surface area contributed by atoms with Crippen LogP contribution in [0.1, 0.15) is 26.3 Å². The van der Waals surface area contributed by atoms with Gasteiger partial charge in [0.25, 0.3) is 10.0 Å². The number of benzene rings is 3. The molecule has 38 heavy (non-hydrogen) atoms. The topological polar surface area (TPSA) is 96.0 Å². The van der Waals surface area contributed by atoms with Crippen molar-refractivity contribution in [3.8, 4) is 5.75 Å². The van der Waals surface area contributed by atoms with Crippen LogP contribution in [0, 0.1) is 0 Å². The van der Waals surface area contributed by atoms with Crippen molar-refractivity contribution in [2.45, 2.75) is 38.3 Å². The van der Waals surface area contributed by atoms with Gasteiger partial charge < -0.3 is 15.0 Å². The standard InChI is InChI=1S/C28H32ClN3O5S/c1-4-30-28(34)21(3)31(19-22-10-9-11-23(29)18-22)27(33)20-32(24-12-7-6-8-13-24)38(35,36)26-16-14-25(15-17-26)37-5-2/h6-18,21H,4-5,19-20H2,1-3H3,(H,30,34)/t21-/m0/s1. The SMILES string of the molecule is CCNC(=O)[C@H](C)N(Cc1cccc(Cl)c1)C(=O)CN(c1ccccc1)S(=O)(=O)c1ccc(OCC)cc1. The zero-order valence-electron chi connectivity index (χ0n) is 21.6. The lowest BCUT2D eigenvalue weighted by atomic mass is 10.1. The molecule has 8 nitrogen and oxygen atoms in total. The highest BCUT2D eigenvalue weighted by molar-refractivity contribution is 7.92. The van der Waals surface area contributed by atoms with Crippen molar-refractivity contribution in [1.82, 2.24) is 10.2 Å². The Labute approximate surface area is 229 Å². The molecule has 0 saturated heterocycles. The monoisotopic (exact) mass is 557 g/mol. The summed E-state index contributed by atoms with van der Waals surface area (Å²) in [6.45, 7) is 5.64. The van der Waals surface area contributed by atoms with Gasteiger partial charge in [0, 0.05) is 18.1 Å². The number of hydrogen-bond donors (Lipinski definition) is 1. The Morgan fingerprint density at radius 3 is 2.26 bits per heavy atom. The minimum absolute atomic E-state index is 0.00997. The number of rotatable bonds is 12. The first-order chi connectivity index (χ1) is 18.2. The van der Waals surface area contributed by atoms with Gasteiger partial charge in [0.2, 0.25) is 11.8 Å². The predicted octanol–water partition coefficient (Wildman–Crippen LogP) is 4.49. The average Bonchev–Trinajstić information content (AvgIpc) is 2.91. The molecule has 1 N–H and O–H groups in total. The lowest BCUT2D eigenvalue weighted by molar-refractivity contribution is -0.139. The summed E-state index contributed by atoms with van der Waals surface area (Å²) in [7, 11) is -4.14. The Morgan fingerprint density at radius 2 is 1.66 bits per heavy atom. The second-order valence-electron chi connectivity index (χ2n) is 8.47. The fourth-order valence-corrected chi connectivity index (χ4v) is 5.49. The van der Waals surface area contributed by atoms with Gasteiger partial charge in [0.15, 0.2) is 0 Å². The van der Waals surface area contributed by atoms with E-state index in [0.29, 0.717) is 35.2 Å². The van der Waals surface area contributed by atoms with Crippen molar-refractivity contribution in [3.63, 3.8) is 0 Å². The van der Waals surface area contributed by atoms with Gasteiger partial charge in [-0.2, -0.15) is 0 Å². The van der Waals surface area contributed by atoms with E-state index in [0.717, 1.165) is 4.31 Å². The average molecular weight is 558 g/mol. The highest BCUT2D eigenvalue weighted by Gasteiger charge is 2.32. The van der Waals surface area contributed by atoms with Gasteiger partial charge in [0.05, 0.1) is 17.2 Å². The molecule has 3 aromatic rings. The van der Waals surface area contributed by atoms with E-state index < -0.39 is 28.5 Å². The molecule has 0 saturated carbocycles. The summed E-state index contributed by atoms with van der Waals surface area (Å²) in [6, 6.07) is 20.5. The highest BCUT2D eigenvalue weighted by Crippen LogP contribution is 2.26. The first kappa shape index (κ1) is 29.0. The van der Waals surface area contributed by atoms with E-state index in [1.54, 1.807) is 80.6 Å². The summed E-state index contributed by atoms with van der Waals surface area (Å²) in [4.78, 5) is 27.9. The lowest BCUT2D eigenvalue weighted by Crippen LogP contribution is -2.51. The summed E-state index contributed by atoms with van der Waals surface area (Å²) < 4.78 is 34.1. The Bertz CT molecular complexity index is 1330. The fourth-order valence-electron chi connectivity index (χ4n) is 3.86. The van der Waals surface area contributed by atoms with Gasteiger partial charge in [-0.25, -0.2) is 8.42 Å². The number of sulfonamides is 1. The van der Waals surface area contributed by atoms with Crippen molar-refractivity contribution in [1.29, 1.82) is 0 Å². The molecule has 3 aromatic carbocycles. The number of carbonyl (C=O) groups is 2. The number of carbonyl (C=O) groups excluding carboxylic acids is 2. The predicted molar refractivity (Wildman–Crippen MR) is 149 cm³/mol. The van der Waals surface area contributed by atoms with Crippen LogP contribution in [0.2, 0.25) is 5.02 Å². The molecule has 10 heteroatoms. The van der Waals surface area contributed by atoms with Crippen LogP contribution >= 0.6 is 11.6 Å². The molecule has 0 aromatic heterocycles. The maximum atomic E-state index is 13.8. The van der Waals surface area contributed by atoms with Gasteiger partial charge in [0.1, 0.15) is 18.3 Å². The van der Waals surface area contributed by atoms with Crippen molar-refractivity contribution in [3.05, 3.63) is 89.4 Å². The molecular weight excluding hydrogens is 526 g/mol. The van der Waals surface area contributed by atoms with E-state index in [1.807, 2.05) is 6.92 Å². The molecule has 0 aliphatic carbocycles. The van der Waals surface area contributed by atoms with Gasteiger partial charge in [-0.1, -0.05) is 41.9 Å². The number of amides is 2. The number of nitrogens with zero attached hydrogens (tertiary/aromatic N) is 2. The van der Waals surface area contributed by atoms with Crippen LogP contribution in [0.3, 0.4) is 0 Å². The normalized spacial score (nSPS) is 11.9. The Morgan fingerprint density at radius 1 is 0.974 bits per heavy atom. The zero-order valence-corrected chi connectivity index (χ0v) is 23.2. The van der Waals surface area contributed by atoms with E-state index in [4.69, 9.17) is 16.3 Å². The van der Waals surface area contributed by atoms with Crippen LogP contribution in [0.15, 0.2) is 83.8 Å². The van der Waals surface area contributed by atoms with E-state index in [-0.39, 0.29) is 17.3 Å². The van der Waals surface area contributed by atoms with E-state index in [9.17, 15) is 18.0 Å². The molecule has 0 bridgehead atoms. The number of ether oxygens (including phenoxy) is 1. The van der Waals surface area contributed by atoms with Crippen LogP contribution < -0.4 is 14.4 Å². The third-order valence-electron chi connectivity index (χ3n) is 5.81. The van der Waals surface area contributed by atoms with Crippen molar-refractivity contribution >= 4 is 39.1 Å². The van der Waals surface area contributed by atoms with Gasteiger partial charge >= 0.3 is 0 Å². The van der Waals surface area contributed by atoms with Crippen molar-refractivity contribution < 1.29 is 22.7 Å². The molecule has 202 valence electrons. The lowest BCUT2D eigenvalue weighted by Gasteiger charge is -2.32. The van der Waals surface area contributed by atoms with Crippen LogP contribution in [-0.2, 0) is 26.2 Å². The largest absolute Gasteiger partial charge is 0.494 e. The van der Waals surface area contributed by atoms with Crippen LogP contribution in [0.5, 0.6) is 5.75 Å². The molecular formula is C28H32ClN3O5S. The fraction of sp³-hybridized carbons (Fsp3) is 0.286. The molecule has 0 fully saturated rings.